The number of aliphatic hydroxyl groups is 2. The van der Waals surface area contributed by atoms with Gasteiger partial charge < -0.3 is 15.1 Å². The molecule has 0 saturated carbocycles. The number of carbonyl (C=O) groups excluding carboxylic acids is 1. The molecule has 0 aliphatic rings. The van der Waals surface area contributed by atoms with Crippen LogP contribution in [0, 0.1) is 16.7 Å². The predicted molar refractivity (Wildman–Crippen MR) is 95.8 cm³/mol. The molecule has 2 aromatic carbocycles. The van der Waals surface area contributed by atoms with E-state index >= 15 is 0 Å². The Labute approximate surface area is 147 Å². The zero-order valence-electron chi connectivity index (χ0n) is 14.4. The first-order valence-corrected chi connectivity index (χ1v) is 8.01. The molecule has 0 aliphatic heterocycles. The van der Waals surface area contributed by atoms with Crippen molar-refractivity contribution in [3.8, 4) is 17.2 Å². The van der Waals surface area contributed by atoms with Gasteiger partial charge in [0.25, 0.3) is 5.91 Å². The lowest BCUT2D eigenvalue weighted by molar-refractivity contribution is 0.0366. The van der Waals surface area contributed by atoms with Crippen molar-refractivity contribution < 1.29 is 15.0 Å². The van der Waals surface area contributed by atoms with Crippen molar-refractivity contribution in [3.05, 3.63) is 59.7 Å². The van der Waals surface area contributed by atoms with Gasteiger partial charge in [0.05, 0.1) is 24.8 Å². The smallest absolute Gasteiger partial charge is 0.254 e. The molecule has 0 saturated heterocycles. The fraction of sp³-hybridized carbons (Fsp3) is 0.300. The summed E-state index contributed by atoms with van der Waals surface area (Å²) in [5.74, 6) is -0.225. The Bertz CT molecular complexity index is 792. The van der Waals surface area contributed by atoms with E-state index in [9.17, 15) is 20.3 Å². The van der Waals surface area contributed by atoms with Crippen LogP contribution in [0.2, 0.25) is 0 Å². The van der Waals surface area contributed by atoms with Crippen molar-refractivity contribution in [2.75, 3.05) is 26.8 Å². The van der Waals surface area contributed by atoms with E-state index in [0.29, 0.717) is 22.3 Å². The van der Waals surface area contributed by atoms with E-state index in [1.807, 2.05) is 24.3 Å². The molecule has 1 amide bonds. The monoisotopic (exact) mass is 338 g/mol. The highest BCUT2D eigenvalue weighted by Crippen LogP contribution is 2.28. The molecule has 0 spiro atoms. The van der Waals surface area contributed by atoms with E-state index in [0.717, 1.165) is 0 Å². The van der Waals surface area contributed by atoms with E-state index in [4.69, 9.17) is 0 Å². The molecule has 25 heavy (non-hydrogen) atoms. The zero-order chi connectivity index (χ0) is 18.4. The summed E-state index contributed by atoms with van der Waals surface area (Å²) in [7, 11) is 1.64. The topological polar surface area (TPSA) is 84.6 Å². The van der Waals surface area contributed by atoms with E-state index in [1.54, 1.807) is 38.2 Å². The fourth-order valence-electron chi connectivity index (χ4n) is 2.72. The van der Waals surface area contributed by atoms with Gasteiger partial charge in [0.2, 0.25) is 0 Å². The third-order valence-electron chi connectivity index (χ3n) is 4.22. The van der Waals surface area contributed by atoms with Gasteiger partial charge in [-0.1, -0.05) is 43.3 Å². The van der Waals surface area contributed by atoms with Gasteiger partial charge in [-0.15, -0.1) is 0 Å². The van der Waals surface area contributed by atoms with Crippen molar-refractivity contribution >= 4 is 5.91 Å². The SMILES string of the molecule is CN(CC(C)(CO)CO)C(=O)c1ccccc1-c1ccccc1C#N. The van der Waals surface area contributed by atoms with Gasteiger partial charge in [0, 0.05) is 30.1 Å². The summed E-state index contributed by atoms with van der Waals surface area (Å²) in [6.07, 6.45) is 0. The van der Waals surface area contributed by atoms with Crippen molar-refractivity contribution in [3.63, 3.8) is 0 Å². The lowest BCUT2D eigenvalue weighted by Gasteiger charge is -2.30. The van der Waals surface area contributed by atoms with Crippen LogP contribution < -0.4 is 0 Å². The third kappa shape index (κ3) is 4.05. The highest BCUT2D eigenvalue weighted by molar-refractivity contribution is 6.01. The number of aliphatic hydroxyl groups excluding tert-OH is 2. The average Bonchev–Trinajstić information content (AvgIpc) is 2.67. The number of carbonyl (C=O) groups is 1. The van der Waals surface area contributed by atoms with Gasteiger partial charge in [0.1, 0.15) is 0 Å². The molecule has 0 aromatic heterocycles. The minimum atomic E-state index is -0.774. The molecule has 2 N–H and O–H groups in total. The molecule has 2 aromatic rings. The Morgan fingerprint density at radius 1 is 1.08 bits per heavy atom. The van der Waals surface area contributed by atoms with Crippen LogP contribution in [0.25, 0.3) is 11.1 Å². The summed E-state index contributed by atoms with van der Waals surface area (Å²) >= 11 is 0. The number of benzene rings is 2. The first-order valence-electron chi connectivity index (χ1n) is 8.01. The van der Waals surface area contributed by atoms with Crippen molar-refractivity contribution in [2.24, 2.45) is 5.41 Å². The minimum absolute atomic E-state index is 0.215. The largest absolute Gasteiger partial charge is 0.396 e. The maximum Gasteiger partial charge on any atom is 0.254 e. The standard InChI is InChI=1S/C20H22N2O3/c1-20(13-23,14-24)12-22(2)19(25)18-10-6-5-9-17(18)16-8-4-3-7-15(16)11-21/h3-10,23-24H,12-14H2,1-2H3. The Kier molecular flexibility index (Phi) is 5.92. The zero-order valence-corrected chi connectivity index (χ0v) is 14.4. The first-order chi connectivity index (χ1) is 12.0. The lowest BCUT2D eigenvalue weighted by Crippen LogP contribution is -2.41. The van der Waals surface area contributed by atoms with Gasteiger partial charge in [-0.3, -0.25) is 4.79 Å². The first kappa shape index (κ1) is 18.7. The Morgan fingerprint density at radius 3 is 2.24 bits per heavy atom. The molecule has 0 heterocycles. The van der Waals surface area contributed by atoms with Crippen LogP contribution in [0.3, 0.4) is 0 Å². The van der Waals surface area contributed by atoms with Crippen LogP contribution in [0.15, 0.2) is 48.5 Å². The van der Waals surface area contributed by atoms with Crippen molar-refractivity contribution in [1.82, 2.24) is 4.90 Å². The Balaban J connectivity index is 2.41. The number of amides is 1. The normalized spacial score (nSPS) is 11.0. The van der Waals surface area contributed by atoms with Gasteiger partial charge in [0.15, 0.2) is 0 Å². The number of hydrogen-bond donors (Lipinski definition) is 2. The molecule has 0 unspecified atom stereocenters. The van der Waals surface area contributed by atoms with E-state index < -0.39 is 5.41 Å². The van der Waals surface area contributed by atoms with E-state index in [2.05, 4.69) is 6.07 Å². The molecule has 0 atom stereocenters. The van der Waals surface area contributed by atoms with Gasteiger partial charge >= 0.3 is 0 Å². The molecule has 0 aliphatic carbocycles. The van der Waals surface area contributed by atoms with Crippen LogP contribution in [-0.4, -0.2) is 47.8 Å². The second kappa shape index (κ2) is 7.93. The lowest BCUT2D eigenvalue weighted by atomic mass is 9.91. The molecule has 2 rings (SSSR count). The second-order valence-corrected chi connectivity index (χ2v) is 6.49. The number of nitriles is 1. The molecule has 0 radical (unpaired) electrons. The molecular weight excluding hydrogens is 316 g/mol. The van der Waals surface area contributed by atoms with Crippen LogP contribution >= 0.6 is 0 Å². The maximum absolute atomic E-state index is 12.9. The van der Waals surface area contributed by atoms with Gasteiger partial charge in [-0.25, -0.2) is 0 Å². The minimum Gasteiger partial charge on any atom is -0.396 e. The van der Waals surface area contributed by atoms with Crippen LogP contribution in [0.1, 0.15) is 22.8 Å². The number of rotatable bonds is 6. The van der Waals surface area contributed by atoms with Crippen LogP contribution in [0.5, 0.6) is 0 Å². The summed E-state index contributed by atoms with van der Waals surface area (Å²) in [5.41, 5.74) is 1.59. The number of nitrogens with zero attached hydrogens (tertiary/aromatic N) is 2. The van der Waals surface area contributed by atoms with Crippen molar-refractivity contribution in [2.45, 2.75) is 6.92 Å². The molecule has 0 bridgehead atoms. The fourth-order valence-corrected chi connectivity index (χ4v) is 2.72. The second-order valence-electron chi connectivity index (χ2n) is 6.49. The van der Waals surface area contributed by atoms with E-state index in [1.165, 1.54) is 4.90 Å². The summed E-state index contributed by atoms with van der Waals surface area (Å²) in [5, 5.41) is 28.2. The highest BCUT2D eigenvalue weighted by atomic mass is 16.3. The van der Waals surface area contributed by atoms with Crippen LogP contribution in [0.4, 0.5) is 0 Å². The van der Waals surface area contributed by atoms with Crippen LogP contribution in [-0.2, 0) is 0 Å². The molecule has 130 valence electrons. The molecule has 5 nitrogen and oxygen atoms in total. The number of hydrogen-bond acceptors (Lipinski definition) is 4. The Morgan fingerprint density at radius 2 is 1.64 bits per heavy atom. The van der Waals surface area contributed by atoms with Crippen molar-refractivity contribution in [1.29, 1.82) is 5.26 Å². The molecule has 5 heteroatoms. The Hall–Kier alpha value is -2.68. The molecular formula is C20H22N2O3. The average molecular weight is 338 g/mol. The third-order valence-corrected chi connectivity index (χ3v) is 4.22. The summed E-state index contributed by atoms with van der Waals surface area (Å²) in [6, 6.07) is 16.4. The van der Waals surface area contributed by atoms with E-state index in [-0.39, 0.29) is 25.7 Å². The molecule has 0 fully saturated rings. The highest BCUT2D eigenvalue weighted by Gasteiger charge is 2.27. The van der Waals surface area contributed by atoms with Gasteiger partial charge in [-0.05, 0) is 17.7 Å². The summed E-state index contributed by atoms with van der Waals surface area (Å²) < 4.78 is 0. The maximum atomic E-state index is 12.9. The summed E-state index contributed by atoms with van der Waals surface area (Å²) in [4.78, 5) is 14.4. The predicted octanol–water partition coefficient (Wildman–Crippen LogP) is 2.29. The quantitative estimate of drug-likeness (QED) is 0.846. The van der Waals surface area contributed by atoms with Gasteiger partial charge in [-0.2, -0.15) is 5.26 Å². The summed E-state index contributed by atoms with van der Waals surface area (Å²) in [6.45, 7) is 1.49.